The van der Waals surface area contributed by atoms with Crippen molar-refractivity contribution < 1.29 is 4.79 Å². The first kappa shape index (κ1) is 19.5. The molecule has 1 unspecified atom stereocenters. The number of hydrogen-bond donors (Lipinski definition) is 1. The highest BCUT2D eigenvalue weighted by atomic mass is 32.2. The molecule has 1 atom stereocenters. The van der Waals surface area contributed by atoms with Crippen molar-refractivity contribution >= 4 is 34.2 Å². The first-order valence-electron chi connectivity index (χ1n) is 8.30. The molecule has 134 valence electrons. The predicted octanol–water partition coefficient (Wildman–Crippen LogP) is 2.99. The molecule has 0 aliphatic heterocycles. The van der Waals surface area contributed by atoms with E-state index in [2.05, 4.69) is 29.0 Å². The SMILES string of the molecule is CCN(CC)C(=S)SCC(=O)NC(c1ccccc1)c1nccn1C. The lowest BCUT2D eigenvalue weighted by atomic mass is 10.1. The first-order chi connectivity index (χ1) is 12.1. The average molecular weight is 377 g/mol. The van der Waals surface area contributed by atoms with Crippen molar-refractivity contribution in [3.05, 3.63) is 54.1 Å². The third-order valence-electron chi connectivity index (χ3n) is 3.90. The van der Waals surface area contributed by atoms with Gasteiger partial charge in [0.15, 0.2) is 0 Å². The van der Waals surface area contributed by atoms with E-state index in [-0.39, 0.29) is 11.9 Å². The van der Waals surface area contributed by atoms with Crippen molar-refractivity contribution in [1.82, 2.24) is 19.8 Å². The topological polar surface area (TPSA) is 50.2 Å². The maximum absolute atomic E-state index is 12.5. The highest BCUT2D eigenvalue weighted by Crippen LogP contribution is 2.20. The molecule has 1 N–H and O–H groups in total. The van der Waals surface area contributed by atoms with Gasteiger partial charge in [-0.3, -0.25) is 4.79 Å². The summed E-state index contributed by atoms with van der Waals surface area (Å²) in [7, 11) is 1.93. The lowest BCUT2D eigenvalue weighted by Crippen LogP contribution is -2.34. The molecule has 1 amide bonds. The van der Waals surface area contributed by atoms with E-state index in [1.165, 1.54) is 11.8 Å². The van der Waals surface area contributed by atoms with Gasteiger partial charge in [0.25, 0.3) is 0 Å². The maximum Gasteiger partial charge on any atom is 0.231 e. The van der Waals surface area contributed by atoms with Crippen LogP contribution in [0.1, 0.15) is 31.3 Å². The van der Waals surface area contributed by atoms with Crippen LogP contribution >= 0.6 is 24.0 Å². The van der Waals surface area contributed by atoms with Gasteiger partial charge in [-0.05, 0) is 19.4 Å². The fraction of sp³-hybridized carbons (Fsp3) is 0.389. The van der Waals surface area contributed by atoms with Crippen LogP contribution in [0.5, 0.6) is 0 Å². The largest absolute Gasteiger partial charge is 0.358 e. The summed E-state index contributed by atoms with van der Waals surface area (Å²) in [4.78, 5) is 19.0. The van der Waals surface area contributed by atoms with Crippen LogP contribution in [0.3, 0.4) is 0 Å². The summed E-state index contributed by atoms with van der Waals surface area (Å²) >= 11 is 6.79. The number of hydrogen-bond acceptors (Lipinski definition) is 4. The number of nitrogens with zero attached hydrogens (tertiary/aromatic N) is 3. The highest BCUT2D eigenvalue weighted by molar-refractivity contribution is 8.23. The summed E-state index contributed by atoms with van der Waals surface area (Å²) in [5, 5.41) is 3.09. The molecule has 0 spiro atoms. The van der Waals surface area contributed by atoms with E-state index in [4.69, 9.17) is 12.2 Å². The van der Waals surface area contributed by atoms with Crippen LogP contribution in [0.2, 0.25) is 0 Å². The van der Waals surface area contributed by atoms with Gasteiger partial charge in [0.05, 0.1) is 5.75 Å². The molecule has 25 heavy (non-hydrogen) atoms. The standard InChI is InChI=1S/C18H24N4OS2/c1-4-22(5-2)18(24)25-13-15(23)20-16(14-9-7-6-8-10-14)17-19-11-12-21(17)3/h6-12,16H,4-5,13H2,1-3H3,(H,20,23). The van der Waals surface area contributed by atoms with E-state index in [1.54, 1.807) is 6.20 Å². The van der Waals surface area contributed by atoms with E-state index in [9.17, 15) is 4.79 Å². The molecule has 0 radical (unpaired) electrons. The first-order valence-corrected chi connectivity index (χ1v) is 9.69. The molecular weight excluding hydrogens is 352 g/mol. The molecule has 0 bridgehead atoms. The monoisotopic (exact) mass is 376 g/mol. The molecule has 7 heteroatoms. The van der Waals surface area contributed by atoms with Gasteiger partial charge < -0.3 is 14.8 Å². The lowest BCUT2D eigenvalue weighted by molar-refractivity contribution is -0.119. The van der Waals surface area contributed by atoms with Gasteiger partial charge >= 0.3 is 0 Å². The molecule has 1 heterocycles. The minimum atomic E-state index is -0.281. The fourth-order valence-electron chi connectivity index (χ4n) is 2.50. The quantitative estimate of drug-likeness (QED) is 0.753. The lowest BCUT2D eigenvalue weighted by Gasteiger charge is -2.22. The Morgan fingerprint density at radius 3 is 2.56 bits per heavy atom. The number of aromatic nitrogens is 2. The van der Waals surface area contributed by atoms with Crippen LogP contribution in [-0.2, 0) is 11.8 Å². The second-order valence-corrected chi connectivity index (χ2v) is 7.14. The van der Waals surface area contributed by atoms with Crippen molar-refractivity contribution in [2.24, 2.45) is 7.05 Å². The Labute approximate surface area is 158 Å². The van der Waals surface area contributed by atoms with Crippen molar-refractivity contribution in [1.29, 1.82) is 0 Å². The Bertz CT molecular complexity index is 698. The number of thiocarbonyl (C=S) groups is 1. The minimum Gasteiger partial charge on any atom is -0.358 e. The summed E-state index contributed by atoms with van der Waals surface area (Å²) < 4.78 is 2.68. The third-order valence-corrected chi connectivity index (χ3v) is 5.43. The molecule has 5 nitrogen and oxygen atoms in total. The summed E-state index contributed by atoms with van der Waals surface area (Å²) in [6.45, 7) is 5.82. The van der Waals surface area contributed by atoms with E-state index in [1.807, 2.05) is 48.1 Å². The van der Waals surface area contributed by atoms with Gasteiger partial charge in [-0.25, -0.2) is 4.98 Å². The van der Waals surface area contributed by atoms with Crippen LogP contribution in [0.15, 0.2) is 42.7 Å². The number of nitrogens with one attached hydrogen (secondary N) is 1. The molecule has 0 fully saturated rings. The zero-order valence-electron chi connectivity index (χ0n) is 14.8. The van der Waals surface area contributed by atoms with Gasteiger partial charge in [-0.2, -0.15) is 0 Å². The molecule has 1 aromatic heterocycles. The number of benzene rings is 1. The van der Waals surface area contributed by atoms with Gasteiger partial charge in [0.1, 0.15) is 16.2 Å². The molecule has 0 aliphatic carbocycles. The Morgan fingerprint density at radius 1 is 1.32 bits per heavy atom. The van der Waals surface area contributed by atoms with E-state index in [0.717, 1.165) is 28.8 Å². The van der Waals surface area contributed by atoms with Crippen LogP contribution < -0.4 is 5.32 Å². The molecule has 2 rings (SSSR count). The minimum absolute atomic E-state index is 0.0589. The van der Waals surface area contributed by atoms with Crippen LogP contribution in [0.4, 0.5) is 0 Å². The van der Waals surface area contributed by atoms with Gasteiger partial charge in [-0.15, -0.1) is 0 Å². The number of imidazole rings is 1. The maximum atomic E-state index is 12.5. The number of rotatable bonds is 7. The Morgan fingerprint density at radius 2 is 2.00 bits per heavy atom. The van der Waals surface area contributed by atoms with Crippen molar-refractivity contribution in [3.8, 4) is 0 Å². The average Bonchev–Trinajstić information content (AvgIpc) is 3.05. The van der Waals surface area contributed by atoms with Crippen molar-refractivity contribution in [2.45, 2.75) is 19.9 Å². The molecular formula is C18H24N4OS2. The van der Waals surface area contributed by atoms with E-state index >= 15 is 0 Å². The Hall–Kier alpha value is -1.86. The molecule has 0 saturated heterocycles. The predicted molar refractivity (Wildman–Crippen MR) is 108 cm³/mol. The van der Waals surface area contributed by atoms with Gasteiger partial charge in [-0.1, -0.05) is 54.3 Å². The number of carbonyl (C=O) groups excluding carboxylic acids is 1. The highest BCUT2D eigenvalue weighted by Gasteiger charge is 2.21. The van der Waals surface area contributed by atoms with Gasteiger partial charge in [0.2, 0.25) is 5.91 Å². The summed E-state index contributed by atoms with van der Waals surface area (Å²) in [6, 6.07) is 9.58. The van der Waals surface area contributed by atoms with Gasteiger partial charge in [0, 0.05) is 32.5 Å². The zero-order valence-corrected chi connectivity index (χ0v) is 16.4. The second kappa shape index (κ2) is 9.58. The van der Waals surface area contributed by atoms with Crippen LogP contribution in [-0.4, -0.2) is 43.5 Å². The molecule has 1 aromatic carbocycles. The summed E-state index contributed by atoms with van der Waals surface area (Å²) in [5.74, 6) is 1.04. The number of aryl methyl sites for hydroxylation is 1. The Kier molecular flexibility index (Phi) is 7.46. The fourth-order valence-corrected chi connectivity index (χ4v) is 3.71. The zero-order chi connectivity index (χ0) is 18.2. The Balaban J connectivity index is 2.06. The van der Waals surface area contributed by atoms with Crippen molar-refractivity contribution in [3.63, 3.8) is 0 Å². The normalized spacial score (nSPS) is 11.8. The number of thioether (sulfide) groups is 1. The third kappa shape index (κ3) is 5.31. The van der Waals surface area contributed by atoms with Crippen LogP contribution in [0.25, 0.3) is 0 Å². The number of carbonyl (C=O) groups is 1. The smallest absolute Gasteiger partial charge is 0.231 e. The molecule has 0 saturated carbocycles. The molecule has 0 aliphatic rings. The number of amides is 1. The molecule has 2 aromatic rings. The van der Waals surface area contributed by atoms with E-state index in [0.29, 0.717) is 5.75 Å². The van der Waals surface area contributed by atoms with Crippen molar-refractivity contribution in [2.75, 3.05) is 18.8 Å². The van der Waals surface area contributed by atoms with Crippen LogP contribution in [0, 0.1) is 0 Å². The summed E-state index contributed by atoms with van der Waals surface area (Å²) in [5.41, 5.74) is 1.00. The van der Waals surface area contributed by atoms with E-state index < -0.39 is 0 Å². The summed E-state index contributed by atoms with van der Waals surface area (Å²) in [6.07, 6.45) is 3.61. The second-order valence-electron chi connectivity index (χ2n) is 5.53.